The first-order chi connectivity index (χ1) is 7.75. The van der Waals surface area contributed by atoms with E-state index in [4.69, 9.17) is 0 Å². The summed E-state index contributed by atoms with van der Waals surface area (Å²) in [5.74, 6) is 0. The lowest BCUT2D eigenvalue weighted by Gasteiger charge is -2.20. The van der Waals surface area contributed by atoms with Crippen molar-refractivity contribution in [1.82, 2.24) is 10.2 Å². The normalized spacial score (nSPS) is 17.3. The number of nitrogens with one attached hydrogen (secondary N) is 1. The minimum atomic E-state index is 0. The minimum Gasteiger partial charge on any atom is -0.315 e. The summed E-state index contributed by atoms with van der Waals surface area (Å²) in [7, 11) is 0. The van der Waals surface area contributed by atoms with Crippen LogP contribution >= 0.6 is 12.4 Å². The maximum atomic E-state index is 3.45. The van der Waals surface area contributed by atoms with Crippen LogP contribution in [0.4, 0.5) is 0 Å². The van der Waals surface area contributed by atoms with Crippen LogP contribution in [-0.2, 0) is 6.54 Å². The van der Waals surface area contributed by atoms with E-state index in [0.717, 1.165) is 13.1 Å². The van der Waals surface area contributed by atoms with Crippen molar-refractivity contribution in [3.8, 4) is 0 Å². The van der Waals surface area contributed by atoms with E-state index in [-0.39, 0.29) is 12.4 Å². The topological polar surface area (TPSA) is 15.3 Å². The summed E-state index contributed by atoms with van der Waals surface area (Å²) in [6, 6.07) is 6.76. The van der Waals surface area contributed by atoms with Gasteiger partial charge in [-0.1, -0.05) is 23.8 Å². The first-order valence-corrected chi connectivity index (χ1v) is 6.25. The van der Waals surface area contributed by atoms with E-state index in [1.165, 1.54) is 42.7 Å². The Morgan fingerprint density at radius 2 is 2.00 bits per heavy atom. The van der Waals surface area contributed by atoms with Gasteiger partial charge in [0.05, 0.1) is 0 Å². The van der Waals surface area contributed by atoms with E-state index in [1.807, 2.05) is 0 Å². The number of aryl methyl sites for hydroxylation is 2. The maximum absolute atomic E-state index is 3.45. The average Bonchev–Trinajstić information content (AvgIpc) is 2.52. The standard InChI is InChI=1S/C14H22N2.ClH/c1-12-4-5-13(2)14(10-12)11-16-8-3-6-15-7-9-16;/h4-5,10,15H,3,6-9,11H2,1-2H3;1H. The summed E-state index contributed by atoms with van der Waals surface area (Å²) in [6.07, 6.45) is 1.27. The molecule has 0 spiro atoms. The molecule has 2 rings (SSSR count). The summed E-state index contributed by atoms with van der Waals surface area (Å²) >= 11 is 0. The van der Waals surface area contributed by atoms with Crippen LogP contribution in [-0.4, -0.2) is 31.1 Å². The van der Waals surface area contributed by atoms with Gasteiger partial charge < -0.3 is 5.32 Å². The molecule has 3 heteroatoms. The van der Waals surface area contributed by atoms with Crippen LogP contribution in [0.15, 0.2) is 18.2 Å². The highest BCUT2D eigenvalue weighted by Gasteiger charge is 2.10. The Bertz CT molecular complexity index is 344. The molecule has 1 heterocycles. The highest BCUT2D eigenvalue weighted by Crippen LogP contribution is 2.13. The molecule has 0 aliphatic carbocycles. The van der Waals surface area contributed by atoms with Crippen molar-refractivity contribution in [2.75, 3.05) is 26.2 Å². The molecule has 1 aromatic rings. The second-order valence-electron chi connectivity index (χ2n) is 4.81. The van der Waals surface area contributed by atoms with E-state index in [9.17, 15) is 0 Å². The molecule has 1 aromatic carbocycles. The van der Waals surface area contributed by atoms with Gasteiger partial charge in [-0.15, -0.1) is 12.4 Å². The summed E-state index contributed by atoms with van der Waals surface area (Å²) < 4.78 is 0. The molecular formula is C14H23ClN2. The molecule has 0 unspecified atom stereocenters. The van der Waals surface area contributed by atoms with Crippen molar-refractivity contribution >= 4 is 12.4 Å². The summed E-state index contributed by atoms with van der Waals surface area (Å²) in [5.41, 5.74) is 4.28. The van der Waals surface area contributed by atoms with Crippen molar-refractivity contribution < 1.29 is 0 Å². The van der Waals surface area contributed by atoms with Gasteiger partial charge in [-0.25, -0.2) is 0 Å². The molecule has 0 amide bonds. The van der Waals surface area contributed by atoms with Crippen molar-refractivity contribution in [3.63, 3.8) is 0 Å². The monoisotopic (exact) mass is 254 g/mol. The summed E-state index contributed by atoms with van der Waals surface area (Å²) in [4.78, 5) is 2.56. The van der Waals surface area contributed by atoms with Crippen LogP contribution in [0.5, 0.6) is 0 Å². The third-order valence-electron chi connectivity index (χ3n) is 3.33. The smallest absolute Gasteiger partial charge is 0.0237 e. The Kier molecular flexibility index (Phi) is 5.96. The van der Waals surface area contributed by atoms with Crippen LogP contribution in [0, 0.1) is 13.8 Å². The molecule has 1 N–H and O–H groups in total. The summed E-state index contributed by atoms with van der Waals surface area (Å²) in [5, 5.41) is 3.45. The fourth-order valence-electron chi connectivity index (χ4n) is 2.27. The molecule has 0 saturated carbocycles. The molecule has 1 saturated heterocycles. The SMILES string of the molecule is Cc1ccc(C)c(CN2CCCNCC2)c1.Cl. The van der Waals surface area contributed by atoms with Crippen molar-refractivity contribution in [3.05, 3.63) is 34.9 Å². The zero-order valence-corrected chi connectivity index (χ0v) is 11.6. The molecule has 0 radical (unpaired) electrons. The van der Waals surface area contributed by atoms with Crippen molar-refractivity contribution in [2.24, 2.45) is 0 Å². The van der Waals surface area contributed by atoms with E-state index in [1.54, 1.807) is 0 Å². The fourth-order valence-corrected chi connectivity index (χ4v) is 2.27. The van der Waals surface area contributed by atoms with E-state index < -0.39 is 0 Å². The Morgan fingerprint density at radius 1 is 1.18 bits per heavy atom. The van der Waals surface area contributed by atoms with E-state index >= 15 is 0 Å². The van der Waals surface area contributed by atoms with Crippen LogP contribution in [0.1, 0.15) is 23.1 Å². The average molecular weight is 255 g/mol. The molecule has 2 nitrogen and oxygen atoms in total. The van der Waals surface area contributed by atoms with E-state index in [0.29, 0.717) is 0 Å². The quantitative estimate of drug-likeness (QED) is 0.873. The third-order valence-corrected chi connectivity index (χ3v) is 3.33. The van der Waals surface area contributed by atoms with Gasteiger partial charge in [-0.2, -0.15) is 0 Å². The number of halogens is 1. The highest BCUT2D eigenvalue weighted by atomic mass is 35.5. The lowest BCUT2D eigenvalue weighted by Crippen LogP contribution is -2.27. The second kappa shape index (κ2) is 7.00. The molecule has 96 valence electrons. The molecule has 0 atom stereocenters. The number of rotatable bonds is 2. The van der Waals surface area contributed by atoms with Gasteiger partial charge in [0, 0.05) is 19.6 Å². The molecule has 1 fully saturated rings. The predicted molar refractivity (Wildman–Crippen MR) is 75.9 cm³/mol. The van der Waals surface area contributed by atoms with Gasteiger partial charge in [0.2, 0.25) is 0 Å². The molecule has 1 aliphatic heterocycles. The Labute approximate surface area is 111 Å². The van der Waals surface area contributed by atoms with Gasteiger partial charge in [0.25, 0.3) is 0 Å². The van der Waals surface area contributed by atoms with Gasteiger partial charge >= 0.3 is 0 Å². The van der Waals surface area contributed by atoms with Crippen molar-refractivity contribution in [1.29, 1.82) is 0 Å². The predicted octanol–water partition coefficient (Wildman–Crippen LogP) is 2.52. The lowest BCUT2D eigenvalue weighted by atomic mass is 10.1. The molecular weight excluding hydrogens is 232 g/mol. The van der Waals surface area contributed by atoms with Crippen LogP contribution in [0.25, 0.3) is 0 Å². The zero-order chi connectivity index (χ0) is 11.4. The Hall–Kier alpha value is -0.570. The van der Waals surface area contributed by atoms with E-state index in [2.05, 4.69) is 42.3 Å². The van der Waals surface area contributed by atoms with Crippen LogP contribution in [0.3, 0.4) is 0 Å². The van der Waals surface area contributed by atoms with Crippen LogP contribution < -0.4 is 5.32 Å². The minimum absolute atomic E-state index is 0. The lowest BCUT2D eigenvalue weighted by molar-refractivity contribution is 0.284. The Morgan fingerprint density at radius 3 is 2.82 bits per heavy atom. The Balaban J connectivity index is 0.00000144. The first kappa shape index (κ1) is 14.5. The maximum Gasteiger partial charge on any atom is 0.0237 e. The number of nitrogens with zero attached hydrogens (tertiary/aromatic N) is 1. The summed E-state index contributed by atoms with van der Waals surface area (Å²) in [6.45, 7) is 10.2. The van der Waals surface area contributed by atoms with Gasteiger partial charge in [-0.05, 0) is 44.5 Å². The number of hydrogen-bond donors (Lipinski definition) is 1. The van der Waals surface area contributed by atoms with Gasteiger partial charge in [-0.3, -0.25) is 4.90 Å². The molecule has 0 bridgehead atoms. The third kappa shape index (κ3) is 4.30. The molecule has 0 aromatic heterocycles. The number of hydrogen-bond acceptors (Lipinski definition) is 2. The van der Waals surface area contributed by atoms with Crippen molar-refractivity contribution in [2.45, 2.75) is 26.8 Å². The van der Waals surface area contributed by atoms with Gasteiger partial charge in [0.1, 0.15) is 0 Å². The fraction of sp³-hybridized carbons (Fsp3) is 0.571. The highest BCUT2D eigenvalue weighted by molar-refractivity contribution is 5.85. The zero-order valence-electron chi connectivity index (χ0n) is 10.8. The molecule has 17 heavy (non-hydrogen) atoms. The number of benzene rings is 1. The first-order valence-electron chi connectivity index (χ1n) is 6.25. The van der Waals surface area contributed by atoms with Crippen LogP contribution in [0.2, 0.25) is 0 Å². The largest absolute Gasteiger partial charge is 0.315 e. The molecule has 1 aliphatic rings. The second-order valence-corrected chi connectivity index (χ2v) is 4.81. The van der Waals surface area contributed by atoms with Gasteiger partial charge in [0.15, 0.2) is 0 Å².